The van der Waals surface area contributed by atoms with Crippen LogP contribution in [-0.2, 0) is 11.3 Å². The van der Waals surface area contributed by atoms with Crippen molar-refractivity contribution < 1.29 is 9.53 Å². The molecule has 2 aliphatic rings. The number of ether oxygens (including phenoxy) is 1. The molecule has 10 heteroatoms. The second kappa shape index (κ2) is 11.0. The summed E-state index contributed by atoms with van der Waals surface area (Å²) >= 11 is 1.50. The smallest absolute Gasteiger partial charge is 0.254 e. The summed E-state index contributed by atoms with van der Waals surface area (Å²) in [6, 6.07) is 3.20. The van der Waals surface area contributed by atoms with Crippen LogP contribution in [0.1, 0.15) is 66.0 Å². The molecule has 3 aromatic rings. The topological polar surface area (TPSA) is 114 Å². The van der Waals surface area contributed by atoms with E-state index in [9.17, 15) is 9.59 Å². The Morgan fingerprint density at radius 1 is 1.24 bits per heavy atom. The number of aryl methyl sites for hydroxylation is 1. The molecule has 1 aliphatic carbocycles. The Morgan fingerprint density at radius 3 is 2.68 bits per heavy atom. The molecule has 0 bridgehead atoms. The summed E-state index contributed by atoms with van der Waals surface area (Å²) in [6.45, 7) is 7.89. The van der Waals surface area contributed by atoms with Gasteiger partial charge in [0.15, 0.2) is 0 Å². The van der Waals surface area contributed by atoms with Gasteiger partial charge in [-0.3, -0.25) is 9.59 Å². The van der Waals surface area contributed by atoms with Crippen molar-refractivity contribution >= 4 is 28.7 Å². The van der Waals surface area contributed by atoms with Crippen molar-refractivity contribution in [1.82, 2.24) is 30.2 Å². The number of thioether (sulfide) groups is 1. The number of H-pyrrole nitrogens is 1. The highest BCUT2D eigenvalue weighted by molar-refractivity contribution is 7.98. The zero-order chi connectivity index (χ0) is 26.1. The maximum absolute atomic E-state index is 13.5. The standard InChI is InChI=1S/C27H36N6O3S/c1-15-9-23(37-4)21(26(34)31-15)11-29-27(35)24-17(3)33(25-22(24)10-28-14-30-25)16(2)18-5-7-19(8-6-18)32-20-12-36-13-20/h9-10,14,16,18-20,32H,5-8,11-13H2,1-4H3,(H,29,35)(H,31,34)/t16-,18?,19?/m1/s1. The molecule has 0 unspecified atom stereocenters. The molecule has 2 fully saturated rings. The van der Waals surface area contributed by atoms with Crippen molar-refractivity contribution in [2.75, 3.05) is 19.5 Å². The van der Waals surface area contributed by atoms with Gasteiger partial charge in [-0.1, -0.05) is 0 Å². The van der Waals surface area contributed by atoms with Gasteiger partial charge in [0, 0.05) is 46.7 Å². The zero-order valence-corrected chi connectivity index (χ0v) is 22.8. The van der Waals surface area contributed by atoms with Gasteiger partial charge in [-0.05, 0) is 64.7 Å². The third kappa shape index (κ3) is 5.19. The third-order valence-electron chi connectivity index (χ3n) is 7.99. The summed E-state index contributed by atoms with van der Waals surface area (Å²) in [5.41, 5.74) is 3.45. The molecular weight excluding hydrogens is 488 g/mol. The molecule has 1 saturated carbocycles. The average Bonchev–Trinajstić information content (AvgIpc) is 3.16. The average molecular weight is 525 g/mol. The molecule has 0 spiro atoms. The maximum Gasteiger partial charge on any atom is 0.254 e. The molecule has 1 amide bonds. The Kier molecular flexibility index (Phi) is 7.69. The number of aromatic nitrogens is 4. The first-order chi connectivity index (χ1) is 17.9. The van der Waals surface area contributed by atoms with E-state index >= 15 is 0 Å². The Balaban J connectivity index is 1.36. The minimum atomic E-state index is -0.217. The highest BCUT2D eigenvalue weighted by Gasteiger charge is 2.32. The summed E-state index contributed by atoms with van der Waals surface area (Å²) in [5.74, 6) is 0.289. The molecule has 0 radical (unpaired) electrons. The molecule has 5 rings (SSSR count). The van der Waals surface area contributed by atoms with Crippen LogP contribution in [-0.4, -0.2) is 57.0 Å². The van der Waals surface area contributed by atoms with Crippen LogP contribution in [0.5, 0.6) is 0 Å². The van der Waals surface area contributed by atoms with Crippen molar-refractivity contribution in [3.8, 4) is 0 Å². The van der Waals surface area contributed by atoms with Crippen LogP contribution in [0, 0.1) is 19.8 Å². The molecule has 198 valence electrons. The van der Waals surface area contributed by atoms with Gasteiger partial charge in [-0.25, -0.2) is 9.97 Å². The van der Waals surface area contributed by atoms with Crippen molar-refractivity contribution in [3.63, 3.8) is 0 Å². The van der Waals surface area contributed by atoms with E-state index in [0.29, 0.717) is 29.1 Å². The second-order valence-electron chi connectivity index (χ2n) is 10.4. The zero-order valence-electron chi connectivity index (χ0n) is 22.0. The number of nitrogens with one attached hydrogen (secondary N) is 3. The van der Waals surface area contributed by atoms with Gasteiger partial charge in [-0.15, -0.1) is 11.8 Å². The molecular formula is C27H36N6O3S. The van der Waals surface area contributed by atoms with Gasteiger partial charge in [0.1, 0.15) is 12.0 Å². The van der Waals surface area contributed by atoms with E-state index < -0.39 is 0 Å². The summed E-state index contributed by atoms with van der Waals surface area (Å²) in [6.07, 6.45) is 9.76. The lowest BCUT2D eigenvalue weighted by Crippen LogP contribution is -2.51. The lowest BCUT2D eigenvalue weighted by Gasteiger charge is -2.37. The number of carbonyl (C=O) groups excluding carboxylic acids is 1. The van der Waals surface area contributed by atoms with Crippen LogP contribution in [0.2, 0.25) is 0 Å². The monoisotopic (exact) mass is 524 g/mol. The Labute approximate surface area is 221 Å². The molecule has 4 heterocycles. The largest absolute Gasteiger partial charge is 0.378 e. The summed E-state index contributed by atoms with van der Waals surface area (Å²) in [4.78, 5) is 38.6. The summed E-state index contributed by atoms with van der Waals surface area (Å²) in [5, 5.41) is 7.46. The first-order valence-corrected chi connectivity index (χ1v) is 14.3. The van der Waals surface area contributed by atoms with Gasteiger partial charge in [0.2, 0.25) is 0 Å². The number of fused-ring (bicyclic) bond motifs is 1. The van der Waals surface area contributed by atoms with Crippen molar-refractivity contribution in [2.45, 2.75) is 76.0 Å². The Bertz CT molecular complexity index is 1340. The van der Waals surface area contributed by atoms with Crippen LogP contribution in [0.25, 0.3) is 11.0 Å². The number of hydrogen-bond donors (Lipinski definition) is 3. The number of carbonyl (C=O) groups is 1. The van der Waals surface area contributed by atoms with Crippen LogP contribution in [0.15, 0.2) is 28.3 Å². The van der Waals surface area contributed by atoms with Crippen LogP contribution in [0.3, 0.4) is 0 Å². The van der Waals surface area contributed by atoms with Gasteiger partial charge < -0.3 is 24.9 Å². The second-order valence-corrected chi connectivity index (χ2v) is 11.2. The quantitative estimate of drug-likeness (QED) is 0.387. The number of rotatable bonds is 8. The summed E-state index contributed by atoms with van der Waals surface area (Å²) < 4.78 is 7.52. The van der Waals surface area contributed by atoms with E-state index in [4.69, 9.17) is 4.74 Å². The molecule has 9 nitrogen and oxygen atoms in total. The van der Waals surface area contributed by atoms with Gasteiger partial charge >= 0.3 is 0 Å². The van der Waals surface area contributed by atoms with Gasteiger partial charge in [-0.2, -0.15) is 0 Å². The van der Waals surface area contributed by atoms with E-state index in [2.05, 4.69) is 37.1 Å². The minimum Gasteiger partial charge on any atom is -0.378 e. The molecule has 37 heavy (non-hydrogen) atoms. The molecule has 1 atom stereocenters. The van der Waals surface area contributed by atoms with Crippen molar-refractivity contribution in [1.29, 1.82) is 0 Å². The molecule has 0 aromatic carbocycles. The van der Waals surface area contributed by atoms with Gasteiger partial charge in [0.25, 0.3) is 11.5 Å². The third-order valence-corrected chi connectivity index (χ3v) is 8.79. The molecule has 3 N–H and O–H groups in total. The SMILES string of the molecule is CSc1cc(C)[nH]c(=O)c1CNC(=O)c1c(C)n([C@H](C)C2CCC(NC3COC3)CC2)c2ncncc12. The number of pyridine rings is 1. The fourth-order valence-corrected chi connectivity index (χ4v) is 6.59. The minimum absolute atomic E-state index is 0.156. The number of nitrogens with zero attached hydrogens (tertiary/aromatic N) is 3. The number of amides is 1. The van der Waals surface area contributed by atoms with Crippen molar-refractivity contribution in [3.05, 3.63) is 51.5 Å². The molecule has 1 saturated heterocycles. The van der Waals surface area contributed by atoms with Crippen LogP contribution >= 0.6 is 11.8 Å². The predicted octanol–water partition coefficient (Wildman–Crippen LogP) is 3.50. The van der Waals surface area contributed by atoms with E-state index in [1.54, 1.807) is 12.5 Å². The van der Waals surface area contributed by atoms with Crippen LogP contribution in [0.4, 0.5) is 0 Å². The maximum atomic E-state index is 13.5. The Hall–Kier alpha value is -2.69. The van der Waals surface area contributed by atoms with E-state index in [0.717, 1.165) is 66.2 Å². The highest BCUT2D eigenvalue weighted by atomic mass is 32.2. The van der Waals surface area contributed by atoms with E-state index in [1.807, 2.05) is 26.2 Å². The first-order valence-electron chi connectivity index (χ1n) is 13.1. The highest BCUT2D eigenvalue weighted by Crippen LogP contribution is 2.37. The lowest BCUT2D eigenvalue weighted by molar-refractivity contribution is -0.0131. The molecule has 3 aromatic heterocycles. The Morgan fingerprint density at radius 2 is 2.00 bits per heavy atom. The van der Waals surface area contributed by atoms with Crippen molar-refractivity contribution in [2.24, 2.45) is 5.92 Å². The summed E-state index contributed by atoms with van der Waals surface area (Å²) in [7, 11) is 0. The van der Waals surface area contributed by atoms with Gasteiger partial charge in [0.05, 0.1) is 30.2 Å². The normalized spacial score (nSPS) is 21.1. The van der Waals surface area contributed by atoms with Crippen LogP contribution < -0.4 is 16.2 Å². The fourth-order valence-electron chi connectivity index (χ4n) is 5.89. The number of aromatic amines is 1. The number of hydrogen-bond acceptors (Lipinski definition) is 7. The lowest BCUT2D eigenvalue weighted by atomic mass is 9.81. The van der Waals surface area contributed by atoms with E-state index in [-0.39, 0.29) is 24.1 Å². The first kappa shape index (κ1) is 25.9. The van der Waals surface area contributed by atoms with E-state index in [1.165, 1.54) is 11.8 Å². The fraction of sp³-hybridized carbons (Fsp3) is 0.556. The molecule has 1 aliphatic heterocycles. The predicted molar refractivity (Wildman–Crippen MR) is 145 cm³/mol.